The highest BCUT2D eigenvalue weighted by molar-refractivity contribution is 7.89. The smallest absolute Gasteiger partial charge is 0.254 e. The van der Waals surface area contributed by atoms with Crippen LogP contribution in [-0.4, -0.2) is 70.0 Å². The van der Waals surface area contributed by atoms with Crippen LogP contribution in [0.1, 0.15) is 28.4 Å². The number of ether oxygens (including phenoxy) is 1. The van der Waals surface area contributed by atoms with E-state index in [0.29, 0.717) is 57.9 Å². The minimum Gasteiger partial charge on any atom is -0.379 e. The van der Waals surface area contributed by atoms with Crippen LogP contribution in [0, 0.1) is 0 Å². The van der Waals surface area contributed by atoms with Crippen LogP contribution in [0.3, 0.4) is 0 Å². The van der Waals surface area contributed by atoms with Crippen molar-refractivity contribution in [1.82, 2.24) is 9.21 Å². The molecule has 1 fully saturated rings. The van der Waals surface area contributed by atoms with Crippen molar-refractivity contribution in [3.63, 3.8) is 0 Å². The molecular formula is C23H29N3O4S. The number of hydrogen-bond donors (Lipinski definition) is 0. The molecule has 0 N–H and O–H groups in total. The van der Waals surface area contributed by atoms with Gasteiger partial charge in [-0.25, -0.2) is 8.42 Å². The molecule has 2 aliphatic rings. The van der Waals surface area contributed by atoms with Gasteiger partial charge in [-0.05, 0) is 35.7 Å². The van der Waals surface area contributed by atoms with Gasteiger partial charge in [0, 0.05) is 51.0 Å². The van der Waals surface area contributed by atoms with Crippen LogP contribution in [0.4, 0.5) is 5.69 Å². The molecule has 0 unspecified atom stereocenters. The molecular weight excluding hydrogens is 414 g/mol. The van der Waals surface area contributed by atoms with Crippen molar-refractivity contribution < 1.29 is 17.9 Å². The highest BCUT2D eigenvalue weighted by Gasteiger charge is 2.30. The normalized spacial score (nSPS) is 17.9. The van der Waals surface area contributed by atoms with E-state index in [1.54, 1.807) is 23.1 Å². The largest absolute Gasteiger partial charge is 0.379 e. The third-order valence-electron chi connectivity index (χ3n) is 6.04. The lowest BCUT2D eigenvalue weighted by molar-refractivity contribution is 0.0729. The lowest BCUT2D eigenvalue weighted by Gasteiger charge is -2.27. The van der Waals surface area contributed by atoms with Gasteiger partial charge in [-0.2, -0.15) is 4.31 Å². The Balaban J connectivity index is 1.66. The Morgan fingerprint density at radius 2 is 1.77 bits per heavy atom. The van der Waals surface area contributed by atoms with E-state index in [0.717, 1.165) is 16.8 Å². The molecule has 31 heavy (non-hydrogen) atoms. The topological polar surface area (TPSA) is 70.2 Å². The monoisotopic (exact) mass is 443 g/mol. The van der Waals surface area contributed by atoms with Gasteiger partial charge < -0.3 is 14.5 Å². The van der Waals surface area contributed by atoms with Gasteiger partial charge >= 0.3 is 0 Å². The molecule has 166 valence electrons. The van der Waals surface area contributed by atoms with Crippen LogP contribution < -0.4 is 4.90 Å². The number of likely N-dealkylation sites (N-methyl/N-ethyl adjacent to an activating group) is 1. The van der Waals surface area contributed by atoms with E-state index < -0.39 is 10.0 Å². The number of para-hydroxylation sites is 1. The summed E-state index contributed by atoms with van der Waals surface area (Å²) in [6.45, 7) is 5.16. The van der Waals surface area contributed by atoms with Gasteiger partial charge in [0.05, 0.1) is 18.1 Å². The van der Waals surface area contributed by atoms with E-state index in [1.807, 2.05) is 32.2 Å². The fourth-order valence-electron chi connectivity index (χ4n) is 4.19. The van der Waals surface area contributed by atoms with Crippen molar-refractivity contribution in [2.24, 2.45) is 0 Å². The number of hydrogen-bond acceptors (Lipinski definition) is 5. The van der Waals surface area contributed by atoms with Crippen molar-refractivity contribution in [3.05, 3.63) is 59.2 Å². The van der Waals surface area contributed by atoms with Crippen LogP contribution in [0.2, 0.25) is 0 Å². The van der Waals surface area contributed by atoms with Gasteiger partial charge in [-0.15, -0.1) is 0 Å². The first-order valence-corrected chi connectivity index (χ1v) is 12.1. The van der Waals surface area contributed by atoms with E-state index >= 15 is 0 Å². The summed E-state index contributed by atoms with van der Waals surface area (Å²) < 4.78 is 33.4. The first kappa shape index (κ1) is 21.8. The average molecular weight is 444 g/mol. The zero-order valence-corrected chi connectivity index (χ0v) is 18.9. The second-order valence-electron chi connectivity index (χ2n) is 7.97. The third kappa shape index (κ3) is 4.33. The molecule has 2 aromatic rings. The standard InChI is InChI=1S/C23H29N3O4S/c1-3-18-8-9-19(16-22(18)31(28,29)26-12-14-30-15-13-26)23(27)25-11-10-24(2)21-7-5-4-6-20(21)17-25/h4-9,16H,3,10-15,17H2,1-2H3. The number of rotatable bonds is 4. The summed E-state index contributed by atoms with van der Waals surface area (Å²) in [5.41, 5.74) is 3.34. The van der Waals surface area contributed by atoms with Crippen molar-refractivity contribution >= 4 is 21.6 Å². The molecule has 0 atom stereocenters. The van der Waals surface area contributed by atoms with E-state index in [9.17, 15) is 13.2 Å². The zero-order valence-electron chi connectivity index (χ0n) is 18.1. The van der Waals surface area contributed by atoms with Gasteiger partial charge in [0.2, 0.25) is 10.0 Å². The Hall–Kier alpha value is -2.42. The molecule has 4 rings (SSSR count). The summed E-state index contributed by atoms with van der Waals surface area (Å²) in [6.07, 6.45) is 0.579. The van der Waals surface area contributed by atoms with E-state index in [1.165, 1.54) is 4.31 Å². The van der Waals surface area contributed by atoms with Gasteiger partial charge in [0.1, 0.15) is 0 Å². The molecule has 2 heterocycles. The number of nitrogens with zero attached hydrogens (tertiary/aromatic N) is 3. The molecule has 1 amide bonds. The summed E-state index contributed by atoms with van der Waals surface area (Å²) in [5, 5.41) is 0. The molecule has 2 aliphatic heterocycles. The van der Waals surface area contributed by atoms with Crippen LogP contribution in [-0.2, 0) is 27.7 Å². The predicted molar refractivity (Wildman–Crippen MR) is 120 cm³/mol. The van der Waals surface area contributed by atoms with Crippen molar-refractivity contribution in [2.45, 2.75) is 24.8 Å². The minimum atomic E-state index is -3.68. The Kier molecular flexibility index (Phi) is 6.31. The average Bonchev–Trinajstić information content (AvgIpc) is 2.98. The van der Waals surface area contributed by atoms with Crippen LogP contribution in [0.15, 0.2) is 47.4 Å². The summed E-state index contributed by atoms with van der Waals surface area (Å²) in [7, 11) is -1.66. The fourth-order valence-corrected chi connectivity index (χ4v) is 5.92. The third-order valence-corrected chi connectivity index (χ3v) is 8.02. The second kappa shape index (κ2) is 8.98. The first-order valence-electron chi connectivity index (χ1n) is 10.7. The molecule has 0 radical (unpaired) electrons. The molecule has 0 aromatic heterocycles. The van der Waals surface area contributed by atoms with E-state index in [-0.39, 0.29) is 10.8 Å². The van der Waals surface area contributed by atoms with Gasteiger partial charge in [-0.1, -0.05) is 31.2 Å². The molecule has 0 saturated carbocycles. The number of morpholine rings is 1. The second-order valence-corrected chi connectivity index (χ2v) is 9.88. The Morgan fingerprint density at radius 1 is 1.03 bits per heavy atom. The number of sulfonamides is 1. The number of carbonyl (C=O) groups is 1. The summed E-state index contributed by atoms with van der Waals surface area (Å²) in [6, 6.07) is 13.2. The van der Waals surface area contributed by atoms with Gasteiger partial charge in [0.25, 0.3) is 5.91 Å². The molecule has 8 heteroatoms. The lowest BCUT2D eigenvalue weighted by Crippen LogP contribution is -2.41. The number of benzene rings is 2. The molecule has 0 bridgehead atoms. The molecule has 0 spiro atoms. The number of anilines is 1. The lowest BCUT2D eigenvalue weighted by atomic mass is 10.1. The summed E-state index contributed by atoms with van der Waals surface area (Å²) in [5.74, 6) is -0.147. The van der Waals surface area contributed by atoms with Crippen LogP contribution >= 0.6 is 0 Å². The van der Waals surface area contributed by atoms with E-state index in [4.69, 9.17) is 4.74 Å². The predicted octanol–water partition coefficient (Wildman–Crippen LogP) is 2.36. The SMILES string of the molecule is CCc1ccc(C(=O)N2CCN(C)c3ccccc3C2)cc1S(=O)(=O)N1CCOCC1. The highest BCUT2D eigenvalue weighted by atomic mass is 32.2. The van der Waals surface area contributed by atoms with Crippen molar-refractivity contribution in [3.8, 4) is 0 Å². The Morgan fingerprint density at radius 3 is 2.52 bits per heavy atom. The molecule has 1 saturated heterocycles. The highest BCUT2D eigenvalue weighted by Crippen LogP contribution is 2.27. The van der Waals surface area contributed by atoms with Crippen molar-refractivity contribution in [1.29, 1.82) is 0 Å². The van der Waals surface area contributed by atoms with Gasteiger partial charge in [0.15, 0.2) is 0 Å². The summed E-state index contributed by atoms with van der Waals surface area (Å²) >= 11 is 0. The van der Waals surface area contributed by atoms with Gasteiger partial charge in [-0.3, -0.25) is 4.79 Å². The number of aryl methyl sites for hydroxylation is 1. The number of carbonyl (C=O) groups excluding carboxylic acids is 1. The quantitative estimate of drug-likeness (QED) is 0.726. The maximum Gasteiger partial charge on any atom is 0.254 e. The van der Waals surface area contributed by atoms with Crippen molar-refractivity contribution in [2.75, 3.05) is 51.3 Å². The fraction of sp³-hybridized carbons (Fsp3) is 0.435. The maximum atomic E-state index is 13.4. The first-order chi connectivity index (χ1) is 14.9. The molecule has 2 aromatic carbocycles. The van der Waals surface area contributed by atoms with Crippen LogP contribution in [0.25, 0.3) is 0 Å². The maximum absolute atomic E-state index is 13.4. The molecule has 7 nitrogen and oxygen atoms in total. The summed E-state index contributed by atoms with van der Waals surface area (Å²) in [4.78, 5) is 17.6. The number of amides is 1. The minimum absolute atomic E-state index is 0.147. The Labute approximate surface area is 184 Å². The van der Waals surface area contributed by atoms with Crippen LogP contribution in [0.5, 0.6) is 0 Å². The molecule has 0 aliphatic carbocycles. The number of fused-ring (bicyclic) bond motifs is 1. The Bertz CT molecular complexity index is 1060. The van der Waals surface area contributed by atoms with E-state index in [2.05, 4.69) is 11.0 Å². The zero-order chi connectivity index (χ0) is 22.0.